The first-order chi connectivity index (χ1) is 5.36. The molecule has 3 saturated carbocycles. The van der Waals surface area contributed by atoms with Crippen molar-refractivity contribution in [2.24, 2.45) is 11.8 Å². The maximum absolute atomic E-state index is 8.36. The van der Waals surface area contributed by atoms with Gasteiger partial charge in [0.25, 0.3) is 6.47 Å². The van der Waals surface area contributed by atoms with Crippen molar-refractivity contribution in [1.29, 1.82) is 0 Å². The van der Waals surface area contributed by atoms with Crippen molar-refractivity contribution in [2.75, 3.05) is 0 Å². The summed E-state index contributed by atoms with van der Waals surface area (Å²) in [5, 5.41) is 6.89. The van der Waals surface area contributed by atoms with Gasteiger partial charge in [-0.25, -0.2) is 0 Å². The van der Waals surface area contributed by atoms with Crippen molar-refractivity contribution in [3.8, 4) is 0 Å². The Morgan fingerprint density at radius 3 is 1.18 bits per heavy atom. The summed E-state index contributed by atoms with van der Waals surface area (Å²) in [5.74, 6) is 2.31. The number of rotatable bonds is 0. The first-order valence-electron chi connectivity index (χ1n) is 4.44. The fraction of sp³-hybridized carbons (Fsp3) is 0.889. The van der Waals surface area contributed by atoms with Gasteiger partial charge in [-0.3, -0.25) is 4.79 Å². The Bertz CT molecular complexity index is 91.7. The molecular weight excluding hydrogens is 140 g/mol. The van der Waals surface area contributed by atoms with E-state index in [4.69, 9.17) is 9.90 Å². The van der Waals surface area contributed by atoms with Gasteiger partial charge < -0.3 is 5.11 Å². The summed E-state index contributed by atoms with van der Waals surface area (Å²) in [6.45, 7) is -0.250. The highest BCUT2D eigenvalue weighted by Gasteiger charge is 2.26. The van der Waals surface area contributed by atoms with Gasteiger partial charge in [-0.05, 0) is 11.8 Å². The van der Waals surface area contributed by atoms with Crippen molar-refractivity contribution < 1.29 is 9.90 Å². The van der Waals surface area contributed by atoms with Gasteiger partial charge in [-0.15, -0.1) is 0 Å². The normalized spacial score (nSPS) is 33.8. The number of carboxylic acid groups (broad SMARTS) is 1. The second kappa shape index (κ2) is 4.37. The maximum Gasteiger partial charge on any atom is 0.290 e. The van der Waals surface area contributed by atoms with Crippen molar-refractivity contribution in [3.05, 3.63) is 0 Å². The molecule has 3 aliphatic rings. The third-order valence-electron chi connectivity index (χ3n) is 2.95. The lowest BCUT2D eigenvalue weighted by molar-refractivity contribution is -0.122. The van der Waals surface area contributed by atoms with Crippen LogP contribution in [0.25, 0.3) is 0 Å². The molecule has 0 aromatic rings. The third kappa shape index (κ3) is 2.52. The lowest BCUT2D eigenvalue weighted by atomic mass is 9.71. The molecule has 2 bridgehead atoms. The molecule has 1 N–H and O–H groups in total. The van der Waals surface area contributed by atoms with Gasteiger partial charge in [0, 0.05) is 0 Å². The average molecular weight is 156 g/mol. The summed E-state index contributed by atoms with van der Waals surface area (Å²) >= 11 is 0. The standard InChI is InChI=1S/C8H14.CH2O2/c1-2-8-5-3-7(1)4-6-8;2-1-3/h7-8H,1-6H2;1H,(H,2,3). The van der Waals surface area contributed by atoms with E-state index in [1.165, 1.54) is 0 Å². The monoisotopic (exact) mass is 156 g/mol. The quantitative estimate of drug-likeness (QED) is 0.546. The van der Waals surface area contributed by atoms with Crippen molar-refractivity contribution in [2.45, 2.75) is 38.5 Å². The molecule has 2 heteroatoms. The zero-order valence-corrected chi connectivity index (χ0v) is 6.83. The van der Waals surface area contributed by atoms with E-state index in [-0.39, 0.29) is 6.47 Å². The van der Waals surface area contributed by atoms with Gasteiger partial charge in [0.05, 0.1) is 0 Å². The minimum absolute atomic E-state index is 0.250. The molecule has 3 rings (SSSR count). The van der Waals surface area contributed by atoms with Gasteiger partial charge in [0.1, 0.15) is 0 Å². The van der Waals surface area contributed by atoms with E-state index in [1.807, 2.05) is 0 Å². The number of fused-ring (bicyclic) bond motifs is 3. The second-order valence-electron chi connectivity index (χ2n) is 3.57. The van der Waals surface area contributed by atoms with E-state index >= 15 is 0 Å². The molecule has 0 aromatic carbocycles. The summed E-state index contributed by atoms with van der Waals surface area (Å²) < 4.78 is 0. The van der Waals surface area contributed by atoms with Crippen LogP contribution in [0.5, 0.6) is 0 Å². The second-order valence-corrected chi connectivity index (χ2v) is 3.57. The van der Waals surface area contributed by atoms with E-state index in [9.17, 15) is 0 Å². The highest BCUT2D eigenvalue weighted by molar-refractivity contribution is 5.32. The largest absolute Gasteiger partial charge is 0.483 e. The molecule has 0 heterocycles. The predicted octanol–water partition coefficient (Wildman–Crippen LogP) is 2.29. The van der Waals surface area contributed by atoms with Crippen LogP contribution in [-0.2, 0) is 4.79 Å². The zero-order valence-electron chi connectivity index (χ0n) is 6.83. The lowest BCUT2D eigenvalue weighted by Crippen LogP contribution is -2.21. The Labute approximate surface area is 67.6 Å². The van der Waals surface area contributed by atoms with Crippen molar-refractivity contribution in [3.63, 3.8) is 0 Å². The van der Waals surface area contributed by atoms with Crippen molar-refractivity contribution in [1.82, 2.24) is 0 Å². The molecule has 2 nitrogen and oxygen atoms in total. The van der Waals surface area contributed by atoms with Crippen LogP contribution in [0.15, 0.2) is 0 Å². The zero-order chi connectivity index (χ0) is 8.10. The van der Waals surface area contributed by atoms with E-state index in [1.54, 1.807) is 38.5 Å². The predicted molar refractivity (Wildman–Crippen MR) is 43.4 cm³/mol. The molecule has 0 atom stereocenters. The molecule has 0 spiro atoms. The van der Waals surface area contributed by atoms with Gasteiger partial charge in [-0.2, -0.15) is 0 Å². The molecule has 3 fully saturated rings. The van der Waals surface area contributed by atoms with E-state index in [0.29, 0.717) is 0 Å². The molecule has 64 valence electrons. The van der Waals surface area contributed by atoms with E-state index < -0.39 is 0 Å². The first kappa shape index (κ1) is 8.57. The molecular formula is C9H16O2. The fourth-order valence-corrected chi connectivity index (χ4v) is 2.28. The molecule has 0 radical (unpaired) electrons. The smallest absolute Gasteiger partial charge is 0.290 e. The molecule has 0 aliphatic heterocycles. The minimum Gasteiger partial charge on any atom is -0.483 e. The van der Waals surface area contributed by atoms with Crippen LogP contribution in [0, 0.1) is 11.8 Å². The molecule has 0 unspecified atom stereocenters. The number of hydrogen-bond acceptors (Lipinski definition) is 1. The first-order valence-corrected chi connectivity index (χ1v) is 4.44. The third-order valence-corrected chi connectivity index (χ3v) is 2.95. The summed E-state index contributed by atoms with van der Waals surface area (Å²) in [6.07, 6.45) is 9.36. The Balaban J connectivity index is 0.000000179. The summed E-state index contributed by atoms with van der Waals surface area (Å²) in [4.78, 5) is 8.36. The van der Waals surface area contributed by atoms with Crippen LogP contribution in [0.3, 0.4) is 0 Å². The Morgan fingerprint density at radius 1 is 0.909 bits per heavy atom. The lowest BCUT2D eigenvalue weighted by Gasteiger charge is -2.35. The molecule has 0 aromatic heterocycles. The van der Waals surface area contributed by atoms with E-state index in [2.05, 4.69) is 0 Å². The van der Waals surface area contributed by atoms with Crippen LogP contribution in [0.1, 0.15) is 38.5 Å². The molecule has 3 aliphatic carbocycles. The maximum atomic E-state index is 8.36. The van der Waals surface area contributed by atoms with Crippen molar-refractivity contribution >= 4 is 6.47 Å². The molecule has 0 amide bonds. The highest BCUT2D eigenvalue weighted by Crippen LogP contribution is 2.40. The fourth-order valence-electron chi connectivity index (χ4n) is 2.28. The van der Waals surface area contributed by atoms with Crippen LogP contribution >= 0.6 is 0 Å². The Hall–Kier alpha value is -0.530. The van der Waals surface area contributed by atoms with Crippen LogP contribution in [-0.4, -0.2) is 11.6 Å². The highest BCUT2D eigenvalue weighted by atomic mass is 16.3. The van der Waals surface area contributed by atoms with Gasteiger partial charge in [-0.1, -0.05) is 38.5 Å². The van der Waals surface area contributed by atoms with Gasteiger partial charge in [0.15, 0.2) is 0 Å². The van der Waals surface area contributed by atoms with Crippen LogP contribution in [0.2, 0.25) is 0 Å². The summed E-state index contributed by atoms with van der Waals surface area (Å²) in [6, 6.07) is 0. The van der Waals surface area contributed by atoms with E-state index in [0.717, 1.165) is 11.8 Å². The summed E-state index contributed by atoms with van der Waals surface area (Å²) in [5.41, 5.74) is 0. The van der Waals surface area contributed by atoms with Gasteiger partial charge >= 0.3 is 0 Å². The Morgan fingerprint density at radius 2 is 1.09 bits per heavy atom. The summed E-state index contributed by atoms with van der Waals surface area (Å²) in [7, 11) is 0. The molecule has 0 saturated heterocycles. The minimum atomic E-state index is -0.250. The van der Waals surface area contributed by atoms with Gasteiger partial charge in [0.2, 0.25) is 0 Å². The molecule has 11 heavy (non-hydrogen) atoms. The topological polar surface area (TPSA) is 37.3 Å². The SMILES string of the molecule is C1CC2CCC1CC2.O=CO. The van der Waals surface area contributed by atoms with Crippen LogP contribution < -0.4 is 0 Å². The van der Waals surface area contributed by atoms with Crippen LogP contribution in [0.4, 0.5) is 0 Å². The Kier molecular flexibility index (Phi) is 3.40. The average Bonchev–Trinajstić information content (AvgIpc) is 2.09. The number of carbonyl (C=O) groups is 1. The number of hydrogen-bond donors (Lipinski definition) is 1.